The van der Waals surface area contributed by atoms with Crippen LogP contribution in [-0.2, 0) is 4.74 Å². The maximum absolute atomic E-state index is 10.6. The fraction of sp³-hybridized carbons (Fsp3) is 1.00. The molecular formula is C14H26O2. The summed E-state index contributed by atoms with van der Waals surface area (Å²) in [7, 11) is 1.78. The van der Waals surface area contributed by atoms with E-state index in [0.29, 0.717) is 5.92 Å². The Kier molecular flexibility index (Phi) is 2.87. The smallest absolute Gasteiger partial charge is 0.0657 e. The summed E-state index contributed by atoms with van der Waals surface area (Å²) in [5.74, 6) is 0.532. The van der Waals surface area contributed by atoms with Gasteiger partial charge in [0.2, 0.25) is 0 Å². The van der Waals surface area contributed by atoms with Crippen LogP contribution in [0.25, 0.3) is 0 Å². The van der Waals surface area contributed by atoms with E-state index in [0.717, 1.165) is 25.9 Å². The number of methoxy groups -OCH3 is 1. The van der Waals surface area contributed by atoms with Gasteiger partial charge in [-0.3, -0.25) is 0 Å². The summed E-state index contributed by atoms with van der Waals surface area (Å²) in [5.41, 5.74) is 0.159. The molecule has 0 aliphatic heterocycles. The monoisotopic (exact) mass is 226 g/mol. The molecule has 3 atom stereocenters. The van der Waals surface area contributed by atoms with Gasteiger partial charge in [-0.15, -0.1) is 0 Å². The summed E-state index contributed by atoms with van der Waals surface area (Å²) in [4.78, 5) is 0. The fourth-order valence-electron chi connectivity index (χ4n) is 4.35. The van der Waals surface area contributed by atoms with E-state index in [4.69, 9.17) is 4.74 Å². The van der Waals surface area contributed by atoms with Crippen molar-refractivity contribution in [2.45, 2.75) is 58.5 Å². The van der Waals surface area contributed by atoms with E-state index in [9.17, 15) is 5.11 Å². The standard InChI is InChI=1S/C14H26O2/c1-12(2,3)14-7-5-6-13(15,10-14)8-11(14)9-16-4/h11,15H,5-10H2,1-4H3. The SMILES string of the molecule is COCC1CC2(O)CCCC1(C(C)(C)C)C2. The molecule has 0 aromatic rings. The molecule has 0 amide bonds. The molecule has 2 saturated carbocycles. The molecule has 0 aromatic heterocycles. The first-order valence-electron chi connectivity index (χ1n) is 6.54. The number of aliphatic hydroxyl groups is 1. The summed E-state index contributed by atoms with van der Waals surface area (Å²) >= 11 is 0. The Labute approximate surface area is 99.4 Å². The summed E-state index contributed by atoms with van der Waals surface area (Å²) < 4.78 is 5.39. The van der Waals surface area contributed by atoms with Crippen molar-refractivity contribution in [3.8, 4) is 0 Å². The number of hydrogen-bond donors (Lipinski definition) is 1. The van der Waals surface area contributed by atoms with E-state index in [-0.39, 0.29) is 10.8 Å². The number of ether oxygens (including phenoxy) is 1. The Hall–Kier alpha value is -0.0800. The molecule has 16 heavy (non-hydrogen) atoms. The van der Waals surface area contributed by atoms with Crippen LogP contribution in [0.3, 0.4) is 0 Å². The van der Waals surface area contributed by atoms with Crippen molar-refractivity contribution in [2.75, 3.05) is 13.7 Å². The van der Waals surface area contributed by atoms with Crippen LogP contribution in [-0.4, -0.2) is 24.4 Å². The Bertz CT molecular complexity index is 268. The van der Waals surface area contributed by atoms with Crippen LogP contribution in [0.5, 0.6) is 0 Å². The van der Waals surface area contributed by atoms with Crippen molar-refractivity contribution in [2.24, 2.45) is 16.7 Å². The minimum Gasteiger partial charge on any atom is -0.390 e. The van der Waals surface area contributed by atoms with Gasteiger partial charge in [0.25, 0.3) is 0 Å². The lowest BCUT2D eigenvalue weighted by Crippen LogP contribution is -2.43. The molecule has 2 fully saturated rings. The zero-order valence-electron chi connectivity index (χ0n) is 11.2. The van der Waals surface area contributed by atoms with Crippen molar-refractivity contribution in [3.63, 3.8) is 0 Å². The summed E-state index contributed by atoms with van der Waals surface area (Å²) in [6, 6.07) is 0. The van der Waals surface area contributed by atoms with Crippen molar-refractivity contribution in [1.29, 1.82) is 0 Å². The summed E-state index contributed by atoms with van der Waals surface area (Å²) in [6.07, 6.45) is 5.35. The van der Waals surface area contributed by atoms with Crippen LogP contribution < -0.4 is 0 Å². The molecule has 2 bridgehead atoms. The number of fused-ring (bicyclic) bond motifs is 2. The second-order valence-corrected chi connectivity index (χ2v) is 7.02. The minimum absolute atomic E-state index is 0.265. The second-order valence-electron chi connectivity index (χ2n) is 7.02. The van der Waals surface area contributed by atoms with Gasteiger partial charge >= 0.3 is 0 Å². The normalized spacial score (nSPS) is 43.7. The molecule has 0 aromatic carbocycles. The molecule has 0 radical (unpaired) electrons. The van der Waals surface area contributed by atoms with Gasteiger partial charge < -0.3 is 9.84 Å². The zero-order chi connectivity index (χ0) is 12.0. The minimum atomic E-state index is -0.394. The van der Waals surface area contributed by atoms with Gasteiger partial charge in [0.1, 0.15) is 0 Å². The maximum Gasteiger partial charge on any atom is 0.0657 e. The van der Waals surface area contributed by atoms with Crippen molar-refractivity contribution >= 4 is 0 Å². The van der Waals surface area contributed by atoms with Gasteiger partial charge in [-0.05, 0) is 42.4 Å². The Balaban J connectivity index is 2.32. The maximum atomic E-state index is 10.6. The molecule has 0 heterocycles. The molecule has 2 nitrogen and oxygen atoms in total. The van der Waals surface area contributed by atoms with Gasteiger partial charge in [-0.2, -0.15) is 0 Å². The molecule has 0 spiro atoms. The third-order valence-corrected chi connectivity index (χ3v) is 5.18. The Morgan fingerprint density at radius 1 is 1.31 bits per heavy atom. The number of rotatable bonds is 2. The van der Waals surface area contributed by atoms with Crippen LogP contribution >= 0.6 is 0 Å². The summed E-state index contributed by atoms with van der Waals surface area (Å²) in [6.45, 7) is 7.78. The van der Waals surface area contributed by atoms with E-state index in [1.54, 1.807) is 7.11 Å². The second kappa shape index (κ2) is 3.71. The van der Waals surface area contributed by atoms with Gasteiger partial charge in [0, 0.05) is 13.7 Å². The third-order valence-electron chi connectivity index (χ3n) is 5.18. The first kappa shape index (κ1) is 12.4. The third kappa shape index (κ3) is 1.70. The molecule has 2 rings (SSSR count). The van der Waals surface area contributed by atoms with Crippen LogP contribution in [0.4, 0.5) is 0 Å². The molecule has 2 aliphatic carbocycles. The lowest BCUT2D eigenvalue weighted by Gasteiger charge is -2.49. The van der Waals surface area contributed by atoms with Gasteiger partial charge in [-0.25, -0.2) is 0 Å². The van der Waals surface area contributed by atoms with Gasteiger partial charge in [0.15, 0.2) is 0 Å². The molecule has 2 heteroatoms. The van der Waals surface area contributed by atoms with Crippen LogP contribution in [0, 0.1) is 16.7 Å². The van der Waals surface area contributed by atoms with E-state index in [1.807, 2.05) is 0 Å². The molecule has 94 valence electrons. The molecular weight excluding hydrogens is 200 g/mol. The highest BCUT2D eigenvalue weighted by atomic mass is 16.5. The van der Waals surface area contributed by atoms with Crippen molar-refractivity contribution in [1.82, 2.24) is 0 Å². The van der Waals surface area contributed by atoms with Crippen molar-refractivity contribution < 1.29 is 9.84 Å². The topological polar surface area (TPSA) is 29.5 Å². The Morgan fingerprint density at radius 3 is 2.56 bits per heavy atom. The highest BCUT2D eigenvalue weighted by Gasteiger charge is 2.60. The Morgan fingerprint density at radius 2 is 2.00 bits per heavy atom. The molecule has 3 unspecified atom stereocenters. The average molecular weight is 226 g/mol. The van der Waals surface area contributed by atoms with Crippen LogP contribution in [0.1, 0.15) is 52.9 Å². The zero-order valence-corrected chi connectivity index (χ0v) is 11.2. The first-order chi connectivity index (χ1) is 7.33. The summed E-state index contributed by atoms with van der Waals surface area (Å²) in [5, 5.41) is 10.6. The lowest BCUT2D eigenvalue weighted by molar-refractivity contribution is -0.0500. The molecule has 2 aliphatic rings. The van der Waals surface area contributed by atoms with Gasteiger partial charge in [0.05, 0.1) is 5.60 Å². The fourth-order valence-corrected chi connectivity index (χ4v) is 4.35. The van der Waals surface area contributed by atoms with Crippen LogP contribution in [0.2, 0.25) is 0 Å². The van der Waals surface area contributed by atoms with Crippen LogP contribution in [0.15, 0.2) is 0 Å². The highest BCUT2D eigenvalue weighted by molar-refractivity contribution is 5.10. The quantitative estimate of drug-likeness (QED) is 0.784. The van der Waals surface area contributed by atoms with E-state index in [2.05, 4.69) is 20.8 Å². The van der Waals surface area contributed by atoms with E-state index in [1.165, 1.54) is 12.8 Å². The molecule has 1 N–H and O–H groups in total. The predicted octanol–water partition coefficient (Wildman–Crippen LogP) is 2.99. The largest absolute Gasteiger partial charge is 0.390 e. The average Bonchev–Trinajstić information content (AvgIpc) is 2.34. The van der Waals surface area contributed by atoms with E-state index < -0.39 is 5.60 Å². The van der Waals surface area contributed by atoms with E-state index >= 15 is 0 Å². The number of hydrogen-bond acceptors (Lipinski definition) is 2. The lowest BCUT2D eigenvalue weighted by atomic mass is 9.57. The molecule has 0 saturated heterocycles. The van der Waals surface area contributed by atoms with Gasteiger partial charge in [-0.1, -0.05) is 27.2 Å². The predicted molar refractivity (Wildman–Crippen MR) is 65.3 cm³/mol. The highest BCUT2D eigenvalue weighted by Crippen LogP contribution is 2.64. The van der Waals surface area contributed by atoms with Crippen molar-refractivity contribution in [3.05, 3.63) is 0 Å². The first-order valence-corrected chi connectivity index (χ1v) is 6.54.